The van der Waals surface area contributed by atoms with Crippen molar-refractivity contribution in [2.45, 2.75) is 36.4 Å². The summed E-state index contributed by atoms with van der Waals surface area (Å²) in [6.45, 7) is 0.794. The van der Waals surface area contributed by atoms with Gasteiger partial charge >= 0.3 is 6.18 Å². The van der Waals surface area contributed by atoms with Crippen LogP contribution in [0.4, 0.5) is 18.9 Å². The van der Waals surface area contributed by atoms with Crippen molar-refractivity contribution in [1.29, 1.82) is 0 Å². The number of hydrogen-bond acceptors (Lipinski definition) is 3. The standard InChI is InChI=1S/C14H17F3N2OS/c15-14(16,17)9-21-12-7-2-1-5-10(12)19-13(20)11-6-3-4-8-18-11/h1-2,5,7,11,18H,3-4,6,8-9H2,(H,19,20). The minimum atomic E-state index is -4.23. The number of alkyl halides is 3. The molecule has 1 saturated heterocycles. The molecule has 1 aromatic carbocycles. The molecular weight excluding hydrogens is 301 g/mol. The zero-order chi connectivity index (χ0) is 15.3. The largest absolute Gasteiger partial charge is 0.398 e. The zero-order valence-electron chi connectivity index (χ0n) is 11.4. The molecule has 1 unspecified atom stereocenters. The summed E-state index contributed by atoms with van der Waals surface area (Å²) in [5.41, 5.74) is 0.434. The highest BCUT2D eigenvalue weighted by Crippen LogP contribution is 2.32. The monoisotopic (exact) mass is 318 g/mol. The van der Waals surface area contributed by atoms with Gasteiger partial charge < -0.3 is 10.6 Å². The van der Waals surface area contributed by atoms with Crippen molar-refractivity contribution in [2.75, 3.05) is 17.6 Å². The second-order valence-electron chi connectivity index (χ2n) is 4.89. The number of nitrogens with one attached hydrogen (secondary N) is 2. The van der Waals surface area contributed by atoms with Gasteiger partial charge in [-0.1, -0.05) is 18.6 Å². The van der Waals surface area contributed by atoms with Crippen LogP contribution in [0.2, 0.25) is 0 Å². The maximum atomic E-state index is 12.3. The fourth-order valence-corrected chi connectivity index (χ4v) is 2.92. The van der Waals surface area contributed by atoms with Crippen LogP contribution in [-0.2, 0) is 4.79 Å². The number of para-hydroxylation sites is 1. The number of hydrogen-bond donors (Lipinski definition) is 2. The predicted molar refractivity (Wildman–Crippen MR) is 77.5 cm³/mol. The van der Waals surface area contributed by atoms with Gasteiger partial charge in [0, 0.05) is 4.90 Å². The van der Waals surface area contributed by atoms with E-state index in [1.54, 1.807) is 24.3 Å². The quantitative estimate of drug-likeness (QED) is 0.836. The third-order valence-corrected chi connectivity index (χ3v) is 4.30. The van der Waals surface area contributed by atoms with E-state index in [2.05, 4.69) is 10.6 Å². The van der Waals surface area contributed by atoms with Gasteiger partial charge in [-0.15, -0.1) is 11.8 Å². The van der Waals surface area contributed by atoms with E-state index in [-0.39, 0.29) is 11.9 Å². The molecule has 1 atom stereocenters. The molecule has 21 heavy (non-hydrogen) atoms. The fraction of sp³-hybridized carbons (Fsp3) is 0.500. The van der Waals surface area contributed by atoms with Gasteiger partial charge in [0.25, 0.3) is 0 Å². The first-order valence-electron chi connectivity index (χ1n) is 6.78. The minimum Gasteiger partial charge on any atom is -0.324 e. The van der Waals surface area contributed by atoms with Crippen molar-refractivity contribution >= 4 is 23.4 Å². The Balaban J connectivity index is 2.00. The average Bonchev–Trinajstić information content (AvgIpc) is 2.46. The first-order valence-corrected chi connectivity index (χ1v) is 7.77. The van der Waals surface area contributed by atoms with Gasteiger partial charge in [-0.25, -0.2) is 0 Å². The van der Waals surface area contributed by atoms with Gasteiger partial charge in [0.1, 0.15) is 0 Å². The van der Waals surface area contributed by atoms with Gasteiger partial charge in [0.2, 0.25) is 5.91 Å². The Hall–Kier alpha value is -1.21. The van der Waals surface area contributed by atoms with Crippen molar-refractivity contribution in [2.24, 2.45) is 0 Å². The number of thioether (sulfide) groups is 1. The fourth-order valence-electron chi connectivity index (χ4n) is 2.15. The number of halogens is 3. The summed E-state index contributed by atoms with van der Waals surface area (Å²) in [5, 5.41) is 5.84. The molecule has 0 aliphatic carbocycles. The second kappa shape index (κ2) is 7.17. The lowest BCUT2D eigenvalue weighted by atomic mass is 10.0. The Bertz CT molecular complexity index is 487. The molecule has 7 heteroatoms. The maximum absolute atomic E-state index is 12.3. The highest BCUT2D eigenvalue weighted by Gasteiger charge is 2.28. The van der Waals surface area contributed by atoms with Crippen LogP contribution in [0.15, 0.2) is 29.2 Å². The van der Waals surface area contributed by atoms with Crippen LogP contribution in [0, 0.1) is 0 Å². The summed E-state index contributed by atoms with van der Waals surface area (Å²) in [4.78, 5) is 12.5. The normalized spacial score (nSPS) is 19.3. The third kappa shape index (κ3) is 5.24. The molecule has 2 N–H and O–H groups in total. The van der Waals surface area contributed by atoms with Gasteiger partial charge in [-0.3, -0.25) is 4.79 Å². The lowest BCUT2D eigenvalue weighted by molar-refractivity contribution is -0.118. The molecule has 0 aromatic heterocycles. The smallest absolute Gasteiger partial charge is 0.324 e. The molecule has 0 spiro atoms. The Kier molecular flexibility index (Phi) is 5.52. The molecule has 1 heterocycles. The van der Waals surface area contributed by atoms with Crippen LogP contribution < -0.4 is 10.6 Å². The number of piperidine rings is 1. The molecule has 3 nitrogen and oxygen atoms in total. The number of amides is 1. The molecular formula is C14H17F3N2OS. The second-order valence-corrected chi connectivity index (χ2v) is 5.91. The number of carbonyl (C=O) groups excluding carboxylic acids is 1. The summed E-state index contributed by atoms with van der Waals surface area (Å²) in [7, 11) is 0. The SMILES string of the molecule is O=C(Nc1ccccc1SCC(F)(F)F)C1CCCCN1. The molecule has 2 rings (SSSR count). The van der Waals surface area contributed by atoms with Crippen LogP contribution in [-0.4, -0.2) is 30.4 Å². The first-order chi connectivity index (χ1) is 9.96. The maximum Gasteiger partial charge on any atom is 0.398 e. The molecule has 1 fully saturated rings. The van der Waals surface area contributed by atoms with Crippen LogP contribution >= 0.6 is 11.8 Å². The van der Waals surface area contributed by atoms with Crippen molar-refractivity contribution in [3.05, 3.63) is 24.3 Å². The van der Waals surface area contributed by atoms with E-state index in [0.717, 1.165) is 25.8 Å². The predicted octanol–water partition coefficient (Wildman–Crippen LogP) is 3.42. The average molecular weight is 318 g/mol. The van der Waals surface area contributed by atoms with Gasteiger partial charge in [0.05, 0.1) is 17.5 Å². The van der Waals surface area contributed by atoms with E-state index >= 15 is 0 Å². The number of benzene rings is 1. The van der Waals surface area contributed by atoms with Crippen LogP contribution in [0.1, 0.15) is 19.3 Å². The number of rotatable bonds is 4. The summed E-state index contributed by atoms with van der Waals surface area (Å²) in [5.74, 6) is -1.16. The Labute approximate surface area is 125 Å². The van der Waals surface area contributed by atoms with Gasteiger partial charge in [-0.05, 0) is 31.5 Å². The zero-order valence-corrected chi connectivity index (χ0v) is 12.2. The molecule has 1 amide bonds. The van der Waals surface area contributed by atoms with Crippen molar-refractivity contribution in [1.82, 2.24) is 5.32 Å². The van der Waals surface area contributed by atoms with Crippen LogP contribution in [0.3, 0.4) is 0 Å². The number of carbonyl (C=O) groups is 1. The van der Waals surface area contributed by atoms with E-state index in [1.807, 2.05) is 0 Å². The Morgan fingerprint density at radius 2 is 2.10 bits per heavy atom. The molecule has 0 radical (unpaired) electrons. The molecule has 1 aliphatic rings. The van der Waals surface area contributed by atoms with E-state index in [9.17, 15) is 18.0 Å². The van der Waals surface area contributed by atoms with E-state index < -0.39 is 11.9 Å². The molecule has 1 aliphatic heterocycles. The van der Waals surface area contributed by atoms with E-state index in [0.29, 0.717) is 22.3 Å². The van der Waals surface area contributed by atoms with Crippen LogP contribution in [0.5, 0.6) is 0 Å². The Morgan fingerprint density at radius 1 is 1.33 bits per heavy atom. The van der Waals surface area contributed by atoms with Gasteiger partial charge in [0.15, 0.2) is 0 Å². The lowest BCUT2D eigenvalue weighted by Crippen LogP contribution is -2.43. The van der Waals surface area contributed by atoms with Gasteiger partial charge in [-0.2, -0.15) is 13.2 Å². The summed E-state index contributed by atoms with van der Waals surface area (Å²) < 4.78 is 36.9. The molecule has 0 bridgehead atoms. The molecule has 0 saturated carbocycles. The van der Waals surface area contributed by atoms with Crippen molar-refractivity contribution < 1.29 is 18.0 Å². The van der Waals surface area contributed by atoms with Crippen molar-refractivity contribution in [3.8, 4) is 0 Å². The first kappa shape index (κ1) is 16.2. The number of anilines is 1. The summed E-state index contributed by atoms with van der Waals surface area (Å²) in [6, 6.07) is 6.30. The summed E-state index contributed by atoms with van der Waals surface area (Å²) >= 11 is 0.682. The highest BCUT2D eigenvalue weighted by atomic mass is 32.2. The summed E-state index contributed by atoms with van der Waals surface area (Å²) in [6.07, 6.45) is -1.45. The third-order valence-electron chi connectivity index (χ3n) is 3.16. The molecule has 116 valence electrons. The Morgan fingerprint density at radius 3 is 2.76 bits per heavy atom. The van der Waals surface area contributed by atoms with Crippen LogP contribution in [0.25, 0.3) is 0 Å². The van der Waals surface area contributed by atoms with E-state index in [1.165, 1.54) is 0 Å². The van der Waals surface area contributed by atoms with Crippen molar-refractivity contribution in [3.63, 3.8) is 0 Å². The minimum absolute atomic E-state index is 0.185. The lowest BCUT2D eigenvalue weighted by Gasteiger charge is -2.23. The highest BCUT2D eigenvalue weighted by molar-refractivity contribution is 7.99. The van der Waals surface area contributed by atoms with E-state index in [4.69, 9.17) is 0 Å². The molecule has 1 aromatic rings. The topological polar surface area (TPSA) is 41.1 Å².